The van der Waals surface area contributed by atoms with E-state index in [9.17, 15) is 9.59 Å². The van der Waals surface area contributed by atoms with Gasteiger partial charge in [0, 0.05) is 18.4 Å². The van der Waals surface area contributed by atoms with Crippen LogP contribution in [0.4, 0.5) is 0 Å². The summed E-state index contributed by atoms with van der Waals surface area (Å²) in [6, 6.07) is 0.242. The molecule has 0 aromatic heterocycles. The van der Waals surface area contributed by atoms with E-state index in [0.717, 1.165) is 32.1 Å². The molecule has 2 saturated heterocycles. The molecule has 0 saturated carbocycles. The third-order valence-electron chi connectivity index (χ3n) is 5.26. The molecule has 2 aliphatic heterocycles. The number of carbonyl (C=O) groups is 2. The van der Waals surface area contributed by atoms with Gasteiger partial charge in [-0.2, -0.15) is 0 Å². The summed E-state index contributed by atoms with van der Waals surface area (Å²) < 4.78 is 10.7. The highest BCUT2D eigenvalue weighted by atomic mass is 16.6. The second-order valence-corrected chi connectivity index (χ2v) is 6.64. The van der Waals surface area contributed by atoms with Crippen molar-refractivity contribution in [3.63, 3.8) is 0 Å². The summed E-state index contributed by atoms with van der Waals surface area (Å²) >= 11 is 0. The van der Waals surface area contributed by atoms with Crippen molar-refractivity contribution in [2.45, 2.75) is 69.7 Å². The van der Waals surface area contributed by atoms with Gasteiger partial charge in [-0.1, -0.05) is 12.2 Å². The quantitative estimate of drug-likeness (QED) is 0.579. The van der Waals surface area contributed by atoms with Crippen LogP contribution in [0.25, 0.3) is 0 Å². The number of esters is 1. The fourth-order valence-corrected chi connectivity index (χ4v) is 4.05. The first kappa shape index (κ1) is 15.5. The largest absolute Gasteiger partial charge is 0.467 e. The number of piperidine rings is 1. The second kappa shape index (κ2) is 6.41. The third kappa shape index (κ3) is 2.78. The maximum atomic E-state index is 13.0. The number of amides is 1. The van der Waals surface area contributed by atoms with E-state index in [2.05, 4.69) is 19.1 Å². The van der Waals surface area contributed by atoms with Crippen molar-refractivity contribution in [3.05, 3.63) is 12.2 Å². The Morgan fingerprint density at radius 1 is 1.23 bits per heavy atom. The number of ether oxygens (including phenoxy) is 2. The molecule has 122 valence electrons. The Kier molecular flexibility index (Phi) is 4.52. The standard InChI is InChI=1S/C17H25NO4/c1-11-8-9-14-13(10-15(22-14)17(20)21-2)18(11)16(19)12-6-4-3-5-7-12/h3-4,11-15H,5-10H2,1-2H3. The minimum Gasteiger partial charge on any atom is -0.467 e. The normalized spacial score (nSPS) is 37.7. The van der Waals surface area contributed by atoms with E-state index in [1.54, 1.807) is 0 Å². The number of hydrogen-bond donors (Lipinski definition) is 0. The summed E-state index contributed by atoms with van der Waals surface area (Å²) in [7, 11) is 1.38. The van der Waals surface area contributed by atoms with Crippen molar-refractivity contribution < 1.29 is 19.1 Å². The van der Waals surface area contributed by atoms with Gasteiger partial charge in [0.1, 0.15) is 0 Å². The van der Waals surface area contributed by atoms with Crippen molar-refractivity contribution in [3.8, 4) is 0 Å². The molecule has 5 heteroatoms. The number of methoxy groups -OCH3 is 1. The van der Waals surface area contributed by atoms with E-state index in [-0.39, 0.29) is 36.0 Å². The average molecular weight is 307 g/mol. The molecule has 0 spiro atoms. The molecular formula is C17H25NO4. The molecule has 0 aromatic rings. The van der Waals surface area contributed by atoms with E-state index >= 15 is 0 Å². The van der Waals surface area contributed by atoms with Crippen LogP contribution in [0.1, 0.15) is 45.4 Å². The van der Waals surface area contributed by atoms with Gasteiger partial charge < -0.3 is 14.4 Å². The fraction of sp³-hybridized carbons (Fsp3) is 0.765. The number of rotatable bonds is 2. The molecule has 2 heterocycles. The maximum Gasteiger partial charge on any atom is 0.335 e. The summed E-state index contributed by atoms with van der Waals surface area (Å²) in [6.07, 6.45) is 8.87. The van der Waals surface area contributed by atoms with Crippen LogP contribution in [0.2, 0.25) is 0 Å². The van der Waals surface area contributed by atoms with E-state index in [4.69, 9.17) is 9.47 Å². The lowest BCUT2D eigenvalue weighted by molar-refractivity contribution is -0.154. The van der Waals surface area contributed by atoms with E-state index in [1.165, 1.54) is 7.11 Å². The summed E-state index contributed by atoms with van der Waals surface area (Å²) in [5.41, 5.74) is 0. The number of nitrogens with zero attached hydrogens (tertiary/aromatic N) is 1. The van der Waals surface area contributed by atoms with E-state index in [0.29, 0.717) is 6.42 Å². The van der Waals surface area contributed by atoms with Crippen molar-refractivity contribution >= 4 is 11.9 Å². The first-order chi connectivity index (χ1) is 10.6. The summed E-state index contributed by atoms with van der Waals surface area (Å²) in [5, 5.41) is 0. The number of carbonyl (C=O) groups excluding carboxylic acids is 2. The lowest BCUT2D eigenvalue weighted by Gasteiger charge is -2.43. The molecule has 1 aliphatic carbocycles. The Balaban J connectivity index is 1.75. The van der Waals surface area contributed by atoms with Crippen molar-refractivity contribution in [2.24, 2.45) is 5.92 Å². The average Bonchev–Trinajstić information content (AvgIpc) is 2.98. The van der Waals surface area contributed by atoms with Crippen LogP contribution in [0, 0.1) is 5.92 Å². The van der Waals surface area contributed by atoms with Crippen LogP contribution >= 0.6 is 0 Å². The monoisotopic (exact) mass is 307 g/mol. The Bertz CT molecular complexity index is 475. The minimum absolute atomic E-state index is 0.0197. The molecule has 0 radical (unpaired) electrons. The number of fused-ring (bicyclic) bond motifs is 1. The van der Waals surface area contributed by atoms with Crippen molar-refractivity contribution in [1.29, 1.82) is 0 Å². The molecule has 5 atom stereocenters. The van der Waals surface area contributed by atoms with E-state index < -0.39 is 6.10 Å². The molecular weight excluding hydrogens is 282 g/mol. The molecule has 2 fully saturated rings. The van der Waals surface area contributed by atoms with Gasteiger partial charge >= 0.3 is 5.97 Å². The second-order valence-electron chi connectivity index (χ2n) is 6.64. The van der Waals surface area contributed by atoms with Gasteiger partial charge in [-0.05, 0) is 39.0 Å². The highest BCUT2D eigenvalue weighted by molar-refractivity contribution is 5.81. The zero-order valence-electron chi connectivity index (χ0n) is 13.4. The van der Waals surface area contributed by atoms with Crippen LogP contribution in [0.15, 0.2) is 12.2 Å². The number of allylic oxidation sites excluding steroid dienone is 2. The first-order valence-corrected chi connectivity index (χ1v) is 8.32. The third-order valence-corrected chi connectivity index (χ3v) is 5.26. The number of likely N-dealkylation sites (tertiary alicyclic amines) is 1. The van der Waals surface area contributed by atoms with Gasteiger partial charge in [0.2, 0.25) is 5.91 Å². The Morgan fingerprint density at radius 3 is 2.73 bits per heavy atom. The zero-order chi connectivity index (χ0) is 15.7. The van der Waals surface area contributed by atoms with E-state index in [1.807, 2.05) is 4.90 Å². The van der Waals surface area contributed by atoms with Crippen LogP contribution in [0.5, 0.6) is 0 Å². The predicted molar refractivity (Wildman–Crippen MR) is 81.1 cm³/mol. The SMILES string of the molecule is COC(=O)C1CC2C(CCC(C)N2C(=O)C2CC=CCC2)O1. The summed E-state index contributed by atoms with van der Waals surface area (Å²) in [5.74, 6) is -0.000839. The zero-order valence-corrected chi connectivity index (χ0v) is 13.4. The lowest BCUT2D eigenvalue weighted by Crippen LogP contribution is -2.55. The first-order valence-electron chi connectivity index (χ1n) is 8.32. The minimum atomic E-state index is -0.521. The Labute approximate surface area is 131 Å². The molecule has 3 aliphatic rings. The molecule has 1 amide bonds. The summed E-state index contributed by atoms with van der Waals surface area (Å²) in [4.78, 5) is 26.7. The molecule has 0 N–H and O–H groups in total. The molecule has 5 nitrogen and oxygen atoms in total. The van der Waals surface area contributed by atoms with Gasteiger partial charge in [0.15, 0.2) is 6.10 Å². The van der Waals surface area contributed by atoms with Crippen LogP contribution in [-0.4, -0.2) is 48.2 Å². The van der Waals surface area contributed by atoms with Crippen molar-refractivity contribution in [2.75, 3.05) is 7.11 Å². The highest BCUT2D eigenvalue weighted by Gasteiger charge is 2.48. The Hall–Kier alpha value is -1.36. The van der Waals surface area contributed by atoms with Gasteiger partial charge in [-0.15, -0.1) is 0 Å². The molecule has 5 unspecified atom stereocenters. The topological polar surface area (TPSA) is 55.8 Å². The smallest absolute Gasteiger partial charge is 0.335 e. The van der Waals surface area contributed by atoms with Gasteiger partial charge in [0.05, 0.1) is 19.3 Å². The lowest BCUT2D eigenvalue weighted by atomic mass is 9.87. The van der Waals surface area contributed by atoms with Gasteiger partial charge in [0.25, 0.3) is 0 Å². The fourth-order valence-electron chi connectivity index (χ4n) is 4.05. The van der Waals surface area contributed by atoms with Gasteiger partial charge in [-0.3, -0.25) is 4.79 Å². The van der Waals surface area contributed by atoms with Crippen molar-refractivity contribution in [1.82, 2.24) is 4.90 Å². The highest BCUT2D eigenvalue weighted by Crippen LogP contribution is 2.37. The van der Waals surface area contributed by atoms with Crippen LogP contribution in [-0.2, 0) is 19.1 Å². The molecule has 0 aromatic carbocycles. The molecule has 22 heavy (non-hydrogen) atoms. The summed E-state index contributed by atoms with van der Waals surface area (Å²) in [6.45, 7) is 2.11. The molecule has 3 rings (SSSR count). The molecule has 0 bridgehead atoms. The number of hydrogen-bond acceptors (Lipinski definition) is 4. The maximum absolute atomic E-state index is 13.0. The predicted octanol–water partition coefficient (Wildman–Crippen LogP) is 2.05. The van der Waals surface area contributed by atoms with Crippen LogP contribution in [0.3, 0.4) is 0 Å². The Morgan fingerprint density at radius 2 is 2.05 bits per heavy atom. The van der Waals surface area contributed by atoms with Gasteiger partial charge in [-0.25, -0.2) is 4.79 Å². The van der Waals surface area contributed by atoms with Crippen LogP contribution < -0.4 is 0 Å².